The molecule has 3 N–H and O–H groups in total. The van der Waals surface area contributed by atoms with E-state index >= 15 is 0 Å². The second kappa shape index (κ2) is 9.32. The molecule has 0 unspecified atom stereocenters. The summed E-state index contributed by atoms with van der Waals surface area (Å²) in [6.45, 7) is 7.85. The highest BCUT2D eigenvalue weighted by Gasteiger charge is 2.15. The Kier molecular flexibility index (Phi) is 7.09. The van der Waals surface area contributed by atoms with E-state index in [0.717, 1.165) is 11.3 Å². The highest BCUT2D eigenvalue weighted by molar-refractivity contribution is 5.91. The topological polar surface area (TPSA) is 96.9 Å². The van der Waals surface area contributed by atoms with Gasteiger partial charge in [-0.1, -0.05) is 12.1 Å². The molecule has 0 radical (unpaired) electrons. The molecule has 0 bridgehead atoms. The van der Waals surface area contributed by atoms with Gasteiger partial charge in [0, 0.05) is 17.8 Å². The van der Waals surface area contributed by atoms with E-state index < -0.39 is 5.97 Å². The molecule has 29 heavy (non-hydrogen) atoms. The van der Waals surface area contributed by atoms with Crippen LogP contribution in [0.2, 0.25) is 0 Å². The summed E-state index contributed by atoms with van der Waals surface area (Å²) < 4.78 is 11.0. The van der Waals surface area contributed by atoms with Crippen molar-refractivity contribution in [3.05, 3.63) is 53.1 Å². The third-order valence-corrected chi connectivity index (χ3v) is 4.15. The van der Waals surface area contributed by atoms with Crippen LogP contribution in [0.3, 0.4) is 0 Å². The third-order valence-electron chi connectivity index (χ3n) is 4.15. The van der Waals surface area contributed by atoms with E-state index in [9.17, 15) is 14.7 Å². The fourth-order valence-electron chi connectivity index (χ4n) is 2.79. The molecule has 7 nitrogen and oxygen atoms in total. The third kappa shape index (κ3) is 6.41. The molecule has 0 saturated heterocycles. The predicted molar refractivity (Wildman–Crippen MR) is 112 cm³/mol. The molecule has 7 heteroatoms. The van der Waals surface area contributed by atoms with Crippen molar-refractivity contribution >= 4 is 17.6 Å². The number of carboxylic acid groups (broad SMARTS) is 1. The summed E-state index contributed by atoms with van der Waals surface area (Å²) >= 11 is 0. The zero-order valence-corrected chi connectivity index (χ0v) is 17.5. The van der Waals surface area contributed by atoms with E-state index in [1.165, 1.54) is 7.11 Å². The number of rotatable bonds is 8. The van der Waals surface area contributed by atoms with Crippen LogP contribution in [0, 0.1) is 6.92 Å². The van der Waals surface area contributed by atoms with E-state index in [-0.39, 0.29) is 23.6 Å². The van der Waals surface area contributed by atoms with Crippen LogP contribution >= 0.6 is 0 Å². The fraction of sp³-hybridized carbons (Fsp3) is 0.364. The van der Waals surface area contributed by atoms with E-state index in [0.29, 0.717) is 23.6 Å². The molecular formula is C22H28N2O5. The predicted octanol–water partition coefficient (Wildman–Crippen LogP) is 3.61. The number of hydrogen-bond acceptors (Lipinski definition) is 5. The van der Waals surface area contributed by atoms with Crippen LogP contribution in [0.1, 0.15) is 42.3 Å². The summed E-state index contributed by atoms with van der Waals surface area (Å²) in [5.74, 6) is -0.169. The Labute approximate surface area is 171 Å². The first-order valence-electron chi connectivity index (χ1n) is 9.28. The fourth-order valence-corrected chi connectivity index (χ4v) is 2.79. The van der Waals surface area contributed by atoms with Crippen LogP contribution in [0.25, 0.3) is 0 Å². The van der Waals surface area contributed by atoms with Crippen LogP contribution in [-0.2, 0) is 11.3 Å². The molecule has 156 valence electrons. The molecule has 0 spiro atoms. The van der Waals surface area contributed by atoms with Gasteiger partial charge in [0.05, 0.1) is 12.7 Å². The van der Waals surface area contributed by atoms with E-state index in [1.54, 1.807) is 25.1 Å². The van der Waals surface area contributed by atoms with Crippen LogP contribution in [0.5, 0.6) is 11.5 Å². The minimum absolute atomic E-state index is 0.105. The number of ether oxygens (including phenoxy) is 2. The average molecular weight is 400 g/mol. The van der Waals surface area contributed by atoms with Crippen molar-refractivity contribution < 1.29 is 24.2 Å². The van der Waals surface area contributed by atoms with Gasteiger partial charge in [0.15, 0.2) is 18.1 Å². The maximum Gasteiger partial charge on any atom is 0.336 e. The number of aromatic carboxylic acids is 1. The largest absolute Gasteiger partial charge is 0.493 e. The lowest BCUT2D eigenvalue weighted by atomic mass is 10.1. The van der Waals surface area contributed by atoms with E-state index in [4.69, 9.17) is 9.47 Å². The molecule has 0 aromatic heterocycles. The lowest BCUT2D eigenvalue weighted by molar-refractivity contribution is -0.124. The van der Waals surface area contributed by atoms with Crippen molar-refractivity contribution in [3.63, 3.8) is 0 Å². The number of carbonyl (C=O) groups is 2. The van der Waals surface area contributed by atoms with Gasteiger partial charge in [0.2, 0.25) is 0 Å². The Bertz CT molecular complexity index is 887. The van der Waals surface area contributed by atoms with Gasteiger partial charge in [0.1, 0.15) is 0 Å². The SMILES string of the molecule is COc1cc(CNc2cccc(C(=O)O)c2C)ccc1OCC(=O)NC(C)(C)C. The normalized spacial score (nSPS) is 10.9. The van der Waals surface area contributed by atoms with E-state index in [1.807, 2.05) is 39.0 Å². The second-order valence-corrected chi connectivity index (χ2v) is 7.71. The van der Waals surface area contributed by atoms with Crippen LogP contribution in [-0.4, -0.2) is 36.2 Å². The van der Waals surface area contributed by atoms with Crippen LogP contribution in [0.4, 0.5) is 5.69 Å². The van der Waals surface area contributed by atoms with Crippen LogP contribution < -0.4 is 20.1 Å². The summed E-state index contributed by atoms with van der Waals surface area (Å²) in [6.07, 6.45) is 0. The van der Waals surface area contributed by atoms with Gasteiger partial charge in [-0.15, -0.1) is 0 Å². The Balaban J connectivity index is 2.04. The number of carboxylic acids is 1. The zero-order valence-electron chi connectivity index (χ0n) is 17.5. The Morgan fingerprint density at radius 3 is 2.45 bits per heavy atom. The lowest BCUT2D eigenvalue weighted by Gasteiger charge is -2.20. The van der Waals surface area contributed by atoms with Crippen molar-refractivity contribution in [2.24, 2.45) is 0 Å². The minimum Gasteiger partial charge on any atom is -0.493 e. The highest BCUT2D eigenvalue weighted by atomic mass is 16.5. The molecule has 0 aliphatic carbocycles. The molecule has 2 aromatic carbocycles. The number of carbonyl (C=O) groups excluding carboxylic acids is 1. The van der Waals surface area contributed by atoms with Crippen molar-refractivity contribution in [1.29, 1.82) is 0 Å². The highest BCUT2D eigenvalue weighted by Crippen LogP contribution is 2.29. The minimum atomic E-state index is -0.954. The molecule has 0 atom stereocenters. The molecule has 0 aliphatic heterocycles. The monoisotopic (exact) mass is 400 g/mol. The maximum atomic E-state index is 11.9. The van der Waals surface area contributed by atoms with Crippen molar-refractivity contribution in [1.82, 2.24) is 5.32 Å². The lowest BCUT2D eigenvalue weighted by Crippen LogP contribution is -2.43. The molecule has 0 aliphatic rings. The number of amides is 1. The first-order chi connectivity index (χ1) is 13.6. The number of methoxy groups -OCH3 is 1. The molecule has 0 fully saturated rings. The molecular weight excluding hydrogens is 372 g/mol. The number of anilines is 1. The number of hydrogen-bond donors (Lipinski definition) is 3. The summed E-state index contributed by atoms with van der Waals surface area (Å²) in [6, 6.07) is 10.6. The molecule has 0 heterocycles. The van der Waals surface area contributed by atoms with Gasteiger partial charge in [-0.3, -0.25) is 4.79 Å². The first kappa shape index (κ1) is 22.1. The van der Waals surface area contributed by atoms with Gasteiger partial charge >= 0.3 is 5.97 Å². The summed E-state index contributed by atoms with van der Waals surface area (Å²) in [5.41, 5.74) is 2.30. The standard InChI is InChI=1S/C22H28N2O5/c1-14-16(21(26)27)7-6-8-17(14)23-12-15-9-10-18(19(11-15)28-5)29-13-20(25)24-22(2,3)4/h6-11,23H,12-13H2,1-5H3,(H,24,25)(H,26,27). The Morgan fingerprint density at radius 2 is 1.83 bits per heavy atom. The number of benzene rings is 2. The quantitative estimate of drug-likeness (QED) is 0.626. The molecule has 2 aromatic rings. The molecule has 1 amide bonds. The molecule has 2 rings (SSSR count). The Hall–Kier alpha value is -3.22. The zero-order chi connectivity index (χ0) is 21.6. The van der Waals surface area contributed by atoms with Gasteiger partial charge < -0.3 is 25.2 Å². The molecule has 0 saturated carbocycles. The second-order valence-electron chi connectivity index (χ2n) is 7.71. The van der Waals surface area contributed by atoms with Gasteiger partial charge in [-0.25, -0.2) is 4.79 Å². The van der Waals surface area contributed by atoms with Gasteiger partial charge in [-0.2, -0.15) is 0 Å². The van der Waals surface area contributed by atoms with Gasteiger partial charge in [-0.05, 0) is 63.1 Å². The first-order valence-corrected chi connectivity index (χ1v) is 9.28. The van der Waals surface area contributed by atoms with Gasteiger partial charge in [0.25, 0.3) is 5.91 Å². The summed E-state index contributed by atoms with van der Waals surface area (Å²) in [5, 5.41) is 15.3. The van der Waals surface area contributed by atoms with Crippen molar-refractivity contribution in [3.8, 4) is 11.5 Å². The maximum absolute atomic E-state index is 11.9. The summed E-state index contributed by atoms with van der Waals surface area (Å²) in [7, 11) is 1.54. The average Bonchev–Trinajstić information content (AvgIpc) is 2.64. The van der Waals surface area contributed by atoms with E-state index in [2.05, 4.69) is 10.6 Å². The Morgan fingerprint density at radius 1 is 1.10 bits per heavy atom. The summed E-state index contributed by atoms with van der Waals surface area (Å²) in [4.78, 5) is 23.2. The van der Waals surface area contributed by atoms with Crippen molar-refractivity contribution in [2.45, 2.75) is 39.8 Å². The smallest absolute Gasteiger partial charge is 0.336 e. The van der Waals surface area contributed by atoms with Crippen LogP contribution in [0.15, 0.2) is 36.4 Å². The number of nitrogens with one attached hydrogen (secondary N) is 2. The van der Waals surface area contributed by atoms with Crippen molar-refractivity contribution in [2.75, 3.05) is 19.0 Å².